The molecule has 1 aromatic carbocycles. The van der Waals surface area contributed by atoms with Gasteiger partial charge in [0.2, 0.25) is 0 Å². The Kier molecular flexibility index (Phi) is 4.83. The number of nitrogens with one attached hydrogen (secondary N) is 2. The Morgan fingerprint density at radius 2 is 1.95 bits per heavy atom. The summed E-state index contributed by atoms with van der Waals surface area (Å²) in [4.78, 5) is 22.3. The fraction of sp³-hybridized carbons (Fsp3) is 0.500. The van der Waals surface area contributed by atoms with Crippen LogP contribution in [0.15, 0.2) is 24.3 Å². The van der Waals surface area contributed by atoms with E-state index in [9.17, 15) is 9.59 Å². The van der Waals surface area contributed by atoms with Gasteiger partial charge in [-0.15, -0.1) is 0 Å². The average molecular weight is 290 g/mol. The second-order valence-electron chi connectivity index (χ2n) is 5.81. The van der Waals surface area contributed by atoms with Crippen molar-refractivity contribution in [3.8, 4) is 0 Å². The maximum atomic E-state index is 11.9. The van der Waals surface area contributed by atoms with E-state index in [2.05, 4.69) is 36.6 Å². The first kappa shape index (κ1) is 15.4. The number of amides is 2. The van der Waals surface area contributed by atoms with E-state index < -0.39 is 5.97 Å². The molecular formula is C16H22N2O3. The Hall–Kier alpha value is -2.04. The molecule has 0 spiro atoms. The minimum absolute atomic E-state index is 0.00146. The quantitative estimate of drug-likeness (QED) is 0.780. The number of aliphatic carboxylic acids is 1. The van der Waals surface area contributed by atoms with Crippen molar-refractivity contribution in [2.75, 3.05) is 6.54 Å². The lowest BCUT2D eigenvalue weighted by atomic mass is 9.90. The molecule has 1 aromatic rings. The van der Waals surface area contributed by atoms with E-state index in [1.165, 1.54) is 11.1 Å². The number of hydrogen-bond acceptors (Lipinski definition) is 2. The molecule has 3 N–H and O–H groups in total. The summed E-state index contributed by atoms with van der Waals surface area (Å²) in [7, 11) is 0. The lowest BCUT2D eigenvalue weighted by Crippen LogP contribution is -2.38. The predicted molar refractivity (Wildman–Crippen MR) is 80.2 cm³/mol. The summed E-state index contributed by atoms with van der Waals surface area (Å²) in [5.74, 6) is 0.0555. The van der Waals surface area contributed by atoms with Gasteiger partial charge >= 0.3 is 12.0 Å². The molecule has 0 heterocycles. The number of fused-ring (bicyclic) bond motifs is 1. The van der Waals surface area contributed by atoms with Crippen LogP contribution >= 0.6 is 0 Å². The van der Waals surface area contributed by atoms with Gasteiger partial charge in [0.1, 0.15) is 0 Å². The molecule has 0 unspecified atom stereocenters. The molecular weight excluding hydrogens is 268 g/mol. The van der Waals surface area contributed by atoms with Gasteiger partial charge in [-0.05, 0) is 29.4 Å². The van der Waals surface area contributed by atoms with Crippen molar-refractivity contribution in [1.82, 2.24) is 10.6 Å². The minimum Gasteiger partial charge on any atom is -0.481 e. The number of hydrogen-bond donors (Lipinski definition) is 3. The molecule has 0 saturated heterocycles. The second-order valence-corrected chi connectivity index (χ2v) is 5.81. The molecule has 0 radical (unpaired) electrons. The third-order valence-electron chi connectivity index (χ3n) is 4.00. The number of benzene rings is 1. The summed E-state index contributed by atoms with van der Waals surface area (Å²) in [6.45, 7) is 4.52. The number of carbonyl (C=O) groups is 2. The monoisotopic (exact) mass is 290 g/mol. The zero-order chi connectivity index (χ0) is 15.4. The third-order valence-corrected chi connectivity index (χ3v) is 4.00. The maximum absolute atomic E-state index is 11.9. The van der Waals surface area contributed by atoms with Gasteiger partial charge in [0.15, 0.2) is 0 Å². The minimum atomic E-state index is -0.915. The SMILES string of the molecule is CC(C)[C@H]1C[C@@H](NC(=O)NCCC(=O)O)c2ccccc21. The standard InChI is InChI=1S/C16H22N2O3/c1-10(2)13-9-14(12-6-4-3-5-11(12)13)18-16(21)17-8-7-15(19)20/h3-6,10,13-14H,7-9H2,1-2H3,(H,19,20)(H2,17,18,21)/t13-,14-/m1/s1. The number of carboxylic acids is 1. The zero-order valence-electron chi connectivity index (χ0n) is 12.4. The fourth-order valence-electron chi connectivity index (χ4n) is 2.93. The predicted octanol–water partition coefficient (Wildman–Crippen LogP) is 2.64. The van der Waals surface area contributed by atoms with E-state index >= 15 is 0 Å². The molecule has 0 aromatic heterocycles. The van der Waals surface area contributed by atoms with E-state index in [4.69, 9.17) is 5.11 Å². The zero-order valence-corrected chi connectivity index (χ0v) is 12.4. The summed E-state index contributed by atoms with van der Waals surface area (Å²) in [5.41, 5.74) is 2.48. The number of rotatable bonds is 5. The normalized spacial score (nSPS) is 20.1. The topological polar surface area (TPSA) is 78.4 Å². The molecule has 5 heteroatoms. The van der Waals surface area contributed by atoms with Gasteiger partial charge in [0.05, 0.1) is 12.5 Å². The number of urea groups is 1. The molecule has 21 heavy (non-hydrogen) atoms. The molecule has 5 nitrogen and oxygen atoms in total. The first-order chi connectivity index (χ1) is 9.99. The van der Waals surface area contributed by atoms with Gasteiger partial charge in [-0.3, -0.25) is 4.79 Å². The highest BCUT2D eigenvalue weighted by Crippen LogP contribution is 2.43. The van der Waals surface area contributed by atoms with Gasteiger partial charge in [-0.1, -0.05) is 38.1 Å². The Bertz CT molecular complexity index is 528. The number of carboxylic acid groups (broad SMARTS) is 1. The van der Waals surface area contributed by atoms with Crippen molar-refractivity contribution in [1.29, 1.82) is 0 Å². The summed E-state index contributed by atoms with van der Waals surface area (Å²) in [5, 5.41) is 14.1. The Morgan fingerprint density at radius 3 is 2.57 bits per heavy atom. The molecule has 1 aliphatic rings. The van der Waals surface area contributed by atoms with Crippen molar-refractivity contribution in [2.24, 2.45) is 5.92 Å². The van der Waals surface area contributed by atoms with E-state index in [1.807, 2.05) is 12.1 Å². The molecule has 0 fully saturated rings. The Morgan fingerprint density at radius 1 is 1.29 bits per heavy atom. The van der Waals surface area contributed by atoms with Crippen LogP contribution in [0.4, 0.5) is 4.79 Å². The van der Waals surface area contributed by atoms with Crippen LogP contribution in [0.1, 0.15) is 49.8 Å². The third kappa shape index (κ3) is 3.74. The molecule has 2 amide bonds. The van der Waals surface area contributed by atoms with Crippen molar-refractivity contribution in [3.05, 3.63) is 35.4 Å². The number of carbonyl (C=O) groups excluding carboxylic acids is 1. The van der Waals surface area contributed by atoms with Crippen LogP contribution < -0.4 is 10.6 Å². The molecule has 2 atom stereocenters. The lowest BCUT2D eigenvalue weighted by molar-refractivity contribution is -0.136. The molecule has 0 saturated carbocycles. The summed E-state index contributed by atoms with van der Waals surface area (Å²) >= 11 is 0. The van der Waals surface area contributed by atoms with Crippen molar-refractivity contribution in [3.63, 3.8) is 0 Å². The first-order valence-electron chi connectivity index (χ1n) is 7.34. The van der Waals surface area contributed by atoms with Crippen LogP contribution in [0.25, 0.3) is 0 Å². The van der Waals surface area contributed by atoms with Crippen LogP contribution in [0.3, 0.4) is 0 Å². The highest BCUT2D eigenvalue weighted by Gasteiger charge is 2.33. The van der Waals surface area contributed by atoms with Crippen molar-refractivity contribution >= 4 is 12.0 Å². The first-order valence-corrected chi connectivity index (χ1v) is 7.34. The average Bonchev–Trinajstić information content (AvgIpc) is 2.78. The molecule has 0 bridgehead atoms. The second kappa shape index (κ2) is 6.61. The van der Waals surface area contributed by atoms with E-state index in [0.29, 0.717) is 11.8 Å². The summed E-state index contributed by atoms with van der Waals surface area (Å²) < 4.78 is 0. The highest BCUT2D eigenvalue weighted by atomic mass is 16.4. The van der Waals surface area contributed by atoms with E-state index in [0.717, 1.165) is 6.42 Å². The van der Waals surface area contributed by atoms with Crippen molar-refractivity contribution in [2.45, 2.75) is 38.6 Å². The van der Waals surface area contributed by atoms with Crippen molar-refractivity contribution < 1.29 is 14.7 Å². The van der Waals surface area contributed by atoms with Crippen LogP contribution in [-0.2, 0) is 4.79 Å². The van der Waals surface area contributed by atoms with Crippen LogP contribution in [0, 0.1) is 5.92 Å². The van der Waals surface area contributed by atoms with Gasteiger partial charge in [-0.25, -0.2) is 4.79 Å². The molecule has 1 aliphatic carbocycles. The van der Waals surface area contributed by atoms with Gasteiger partial charge in [-0.2, -0.15) is 0 Å². The molecule has 0 aliphatic heterocycles. The van der Waals surface area contributed by atoms with Gasteiger partial charge in [0.25, 0.3) is 0 Å². The van der Waals surface area contributed by atoms with Gasteiger partial charge < -0.3 is 15.7 Å². The smallest absolute Gasteiger partial charge is 0.315 e. The molecule has 114 valence electrons. The summed E-state index contributed by atoms with van der Waals surface area (Å²) in [6.07, 6.45) is 0.826. The van der Waals surface area contributed by atoms with E-state index in [1.54, 1.807) is 0 Å². The molecule has 2 rings (SSSR count). The lowest BCUT2D eigenvalue weighted by Gasteiger charge is -2.17. The largest absolute Gasteiger partial charge is 0.481 e. The fourth-order valence-corrected chi connectivity index (χ4v) is 2.93. The Balaban J connectivity index is 1.98. The van der Waals surface area contributed by atoms with Crippen LogP contribution in [-0.4, -0.2) is 23.7 Å². The van der Waals surface area contributed by atoms with Crippen LogP contribution in [0.2, 0.25) is 0 Å². The van der Waals surface area contributed by atoms with Gasteiger partial charge in [0, 0.05) is 6.54 Å². The summed E-state index contributed by atoms with van der Waals surface area (Å²) in [6, 6.07) is 7.89. The highest BCUT2D eigenvalue weighted by molar-refractivity contribution is 5.75. The maximum Gasteiger partial charge on any atom is 0.315 e. The Labute approximate surface area is 124 Å². The van der Waals surface area contributed by atoms with E-state index in [-0.39, 0.29) is 25.0 Å². The van der Waals surface area contributed by atoms with Crippen LogP contribution in [0.5, 0.6) is 0 Å².